The number of hydrogen-bond donors (Lipinski definition) is 1. The van der Waals surface area contributed by atoms with Gasteiger partial charge in [0.1, 0.15) is 0 Å². The highest BCUT2D eigenvalue weighted by atomic mass is 16.3. The zero-order valence-corrected chi connectivity index (χ0v) is 10.4. The summed E-state index contributed by atoms with van der Waals surface area (Å²) in [4.78, 5) is 19.2. The van der Waals surface area contributed by atoms with Gasteiger partial charge in [-0.05, 0) is 6.42 Å². The lowest BCUT2D eigenvalue weighted by Gasteiger charge is -2.36. The van der Waals surface area contributed by atoms with E-state index < -0.39 is 6.35 Å². The molecule has 17 heavy (non-hydrogen) atoms. The van der Waals surface area contributed by atoms with Crippen LogP contribution in [-0.4, -0.2) is 45.9 Å². The molecule has 6 nitrogen and oxygen atoms in total. The fourth-order valence-electron chi connectivity index (χ4n) is 1.99. The molecule has 1 aliphatic rings. The second-order valence-corrected chi connectivity index (χ2v) is 4.34. The number of unbranched alkanes of at least 4 members (excludes halogenated alkanes) is 1. The lowest BCUT2D eigenvalue weighted by Crippen LogP contribution is -2.52. The van der Waals surface area contributed by atoms with Crippen molar-refractivity contribution in [3.05, 3.63) is 12.0 Å². The molecule has 1 amide bonds. The lowest BCUT2D eigenvalue weighted by molar-refractivity contribution is 0.0152. The SMILES string of the molecule is CCCCn1cnc2c1C(=O)N(C)C(O)N2C. The lowest BCUT2D eigenvalue weighted by atomic mass is 10.2. The van der Waals surface area contributed by atoms with Crippen molar-refractivity contribution >= 4 is 11.7 Å². The maximum Gasteiger partial charge on any atom is 0.277 e. The maximum atomic E-state index is 12.1. The minimum absolute atomic E-state index is 0.181. The summed E-state index contributed by atoms with van der Waals surface area (Å²) in [6, 6.07) is 0. The number of imidazole rings is 1. The van der Waals surface area contributed by atoms with E-state index in [9.17, 15) is 9.90 Å². The quantitative estimate of drug-likeness (QED) is 0.832. The van der Waals surface area contributed by atoms with E-state index in [2.05, 4.69) is 11.9 Å². The van der Waals surface area contributed by atoms with Gasteiger partial charge in [0.25, 0.3) is 5.91 Å². The molecule has 0 bridgehead atoms. The van der Waals surface area contributed by atoms with Crippen molar-refractivity contribution in [1.82, 2.24) is 14.5 Å². The molecule has 1 atom stereocenters. The summed E-state index contributed by atoms with van der Waals surface area (Å²) >= 11 is 0. The van der Waals surface area contributed by atoms with E-state index in [1.54, 1.807) is 25.3 Å². The third-order valence-corrected chi connectivity index (χ3v) is 3.12. The first-order chi connectivity index (χ1) is 8.07. The highest BCUT2D eigenvalue weighted by molar-refractivity contribution is 5.99. The Morgan fingerprint density at radius 1 is 1.41 bits per heavy atom. The topological polar surface area (TPSA) is 61.6 Å². The Morgan fingerprint density at radius 3 is 2.76 bits per heavy atom. The summed E-state index contributed by atoms with van der Waals surface area (Å²) in [5, 5.41) is 9.83. The number of aromatic nitrogens is 2. The van der Waals surface area contributed by atoms with E-state index in [-0.39, 0.29) is 5.91 Å². The molecule has 94 valence electrons. The maximum absolute atomic E-state index is 12.1. The van der Waals surface area contributed by atoms with Crippen LogP contribution in [0.3, 0.4) is 0 Å². The molecule has 0 fully saturated rings. The van der Waals surface area contributed by atoms with Gasteiger partial charge in [0.15, 0.2) is 11.5 Å². The number of fused-ring (bicyclic) bond motifs is 1. The monoisotopic (exact) mass is 238 g/mol. The first-order valence-electron chi connectivity index (χ1n) is 5.81. The van der Waals surface area contributed by atoms with Crippen molar-refractivity contribution in [2.75, 3.05) is 19.0 Å². The van der Waals surface area contributed by atoms with Crippen LogP contribution in [0.5, 0.6) is 0 Å². The van der Waals surface area contributed by atoms with Crippen LogP contribution in [0.1, 0.15) is 30.3 Å². The molecule has 1 N–H and O–H groups in total. The van der Waals surface area contributed by atoms with Crippen molar-refractivity contribution < 1.29 is 9.90 Å². The van der Waals surface area contributed by atoms with E-state index in [4.69, 9.17) is 0 Å². The molecule has 0 saturated heterocycles. The van der Waals surface area contributed by atoms with Crippen LogP contribution in [0.15, 0.2) is 6.33 Å². The van der Waals surface area contributed by atoms with Gasteiger partial charge in [0, 0.05) is 20.6 Å². The number of hydrogen-bond acceptors (Lipinski definition) is 4. The molecule has 0 radical (unpaired) electrons. The molecule has 0 spiro atoms. The van der Waals surface area contributed by atoms with Gasteiger partial charge in [-0.1, -0.05) is 13.3 Å². The molecule has 1 aromatic heterocycles. The van der Waals surface area contributed by atoms with Crippen LogP contribution in [-0.2, 0) is 6.54 Å². The second kappa shape index (κ2) is 4.37. The first-order valence-corrected chi connectivity index (χ1v) is 5.81. The summed E-state index contributed by atoms with van der Waals surface area (Å²) < 4.78 is 1.86. The molecular formula is C11H18N4O2. The Labute approximate surface area is 100 Å². The number of aliphatic hydroxyl groups is 1. The highest BCUT2D eigenvalue weighted by Gasteiger charge is 2.35. The van der Waals surface area contributed by atoms with E-state index in [0.29, 0.717) is 11.5 Å². The fraction of sp³-hybridized carbons (Fsp3) is 0.636. The molecule has 1 unspecified atom stereocenters. The van der Waals surface area contributed by atoms with Gasteiger partial charge in [-0.15, -0.1) is 0 Å². The third kappa shape index (κ3) is 1.78. The van der Waals surface area contributed by atoms with Gasteiger partial charge < -0.3 is 14.6 Å². The number of carbonyl (C=O) groups is 1. The number of amides is 1. The summed E-state index contributed by atoms with van der Waals surface area (Å²) in [7, 11) is 3.31. The Kier molecular flexibility index (Phi) is 3.06. The zero-order valence-electron chi connectivity index (χ0n) is 10.4. The molecule has 6 heteroatoms. The average molecular weight is 238 g/mol. The fourth-order valence-corrected chi connectivity index (χ4v) is 1.99. The van der Waals surface area contributed by atoms with Gasteiger partial charge in [-0.3, -0.25) is 9.69 Å². The number of aryl methyl sites for hydroxylation is 1. The summed E-state index contributed by atoms with van der Waals surface area (Å²) in [5.74, 6) is 0.371. The molecule has 1 aromatic rings. The van der Waals surface area contributed by atoms with Gasteiger partial charge in [0.2, 0.25) is 6.35 Å². The molecule has 0 saturated carbocycles. The standard InChI is InChI=1S/C11H18N4O2/c1-4-5-6-15-7-12-9-8(15)10(16)14(3)11(17)13(9)2/h7,11,17H,4-6H2,1-3H3. The van der Waals surface area contributed by atoms with Crippen molar-refractivity contribution in [3.63, 3.8) is 0 Å². The minimum atomic E-state index is -0.940. The van der Waals surface area contributed by atoms with E-state index in [1.165, 1.54) is 4.90 Å². The predicted molar refractivity (Wildman–Crippen MR) is 63.6 cm³/mol. The van der Waals surface area contributed by atoms with Crippen molar-refractivity contribution in [3.8, 4) is 0 Å². The Morgan fingerprint density at radius 2 is 2.12 bits per heavy atom. The highest BCUT2D eigenvalue weighted by Crippen LogP contribution is 2.26. The summed E-state index contributed by atoms with van der Waals surface area (Å²) in [5.41, 5.74) is 0.564. The van der Waals surface area contributed by atoms with E-state index in [1.807, 2.05) is 4.57 Å². The first kappa shape index (κ1) is 11.9. The number of rotatable bonds is 3. The van der Waals surface area contributed by atoms with E-state index in [0.717, 1.165) is 19.4 Å². The predicted octanol–water partition coefficient (Wildman–Crippen LogP) is 0.481. The average Bonchev–Trinajstić information content (AvgIpc) is 2.75. The zero-order chi connectivity index (χ0) is 12.6. The van der Waals surface area contributed by atoms with E-state index >= 15 is 0 Å². The summed E-state index contributed by atoms with van der Waals surface area (Å²) in [6.45, 7) is 2.88. The van der Waals surface area contributed by atoms with Gasteiger partial charge in [0.05, 0.1) is 6.33 Å². The van der Waals surface area contributed by atoms with Crippen LogP contribution in [0.25, 0.3) is 0 Å². The Bertz CT molecular complexity index is 429. The van der Waals surface area contributed by atoms with Crippen LogP contribution < -0.4 is 4.90 Å². The molecule has 2 heterocycles. The van der Waals surface area contributed by atoms with Crippen LogP contribution in [0.2, 0.25) is 0 Å². The number of aliphatic hydroxyl groups excluding tert-OH is 1. The largest absolute Gasteiger partial charge is 0.356 e. The number of anilines is 1. The molecule has 0 aromatic carbocycles. The number of carbonyl (C=O) groups excluding carboxylic acids is 1. The molecule has 2 rings (SSSR count). The van der Waals surface area contributed by atoms with Crippen LogP contribution >= 0.6 is 0 Å². The minimum Gasteiger partial charge on any atom is -0.356 e. The van der Waals surface area contributed by atoms with Crippen LogP contribution in [0, 0.1) is 0 Å². The van der Waals surface area contributed by atoms with Crippen molar-refractivity contribution in [2.24, 2.45) is 0 Å². The smallest absolute Gasteiger partial charge is 0.277 e. The van der Waals surface area contributed by atoms with Crippen molar-refractivity contribution in [2.45, 2.75) is 32.7 Å². The molecule has 0 aliphatic carbocycles. The summed E-state index contributed by atoms with van der Waals surface area (Å²) in [6.07, 6.45) is 2.80. The number of nitrogens with zero attached hydrogens (tertiary/aromatic N) is 4. The van der Waals surface area contributed by atoms with Gasteiger partial charge >= 0.3 is 0 Å². The van der Waals surface area contributed by atoms with Gasteiger partial charge in [-0.25, -0.2) is 4.98 Å². The van der Waals surface area contributed by atoms with Gasteiger partial charge in [-0.2, -0.15) is 0 Å². The third-order valence-electron chi connectivity index (χ3n) is 3.12. The second-order valence-electron chi connectivity index (χ2n) is 4.34. The molecule has 1 aliphatic heterocycles. The Balaban J connectivity index is 2.38. The normalized spacial score (nSPS) is 19.8. The van der Waals surface area contributed by atoms with Crippen LogP contribution in [0.4, 0.5) is 5.82 Å². The Hall–Kier alpha value is -1.56. The molecular weight excluding hydrogens is 220 g/mol. The van der Waals surface area contributed by atoms with Crippen molar-refractivity contribution in [1.29, 1.82) is 0 Å².